The van der Waals surface area contributed by atoms with E-state index >= 15 is 0 Å². The van der Waals surface area contributed by atoms with Gasteiger partial charge in [-0.15, -0.1) is 0 Å². The second-order valence-corrected chi connectivity index (χ2v) is 5.36. The van der Waals surface area contributed by atoms with E-state index < -0.39 is 5.97 Å². The van der Waals surface area contributed by atoms with Gasteiger partial charge < -0.3 is 14.8 Å². The summed E-state index contributed by atoms with van der Waals surface area (Å²) in [6.07, 6.45) is 0. The average Bonchev–Trinajstić information content (AvgIpc) is 2.55. The van der Waals surface area contributed by atoms with Gasteiger partial charge in [-0.2, -0.15) is 4.98 Å². The van der Waals surface area contributed by atoms with Gasteiger partial charge in [-0.3, -0.25) is 0 Å². The first kappa shape index (κ1) is 17.3. The van der Waals surface area contributed by atoms with E-state index in [9.17, 15) is 4.79 Å². The van der Waals surface area contributed by atoms with Crippen molar-refractivity contribution in [2.45, 2.75) is 13.5 Å². The van der Waals surface area contributed by atoms with Crippen molar-refractivity contribution < 1.29 is 14.3 Å². The zero-order valence-electron chi connectivity index (χ0n) is 12.8. The van der Waals surface area contributed by atoms with Crippen LogP contribution in [0.15, 0.2) is 18.2 Å². The van der Waals surface area contributed by atoms with Crippen LogP contribution in [0, 0.1) is 6.92 Å². The highest BCUT2D eigenvalue weighted by Gasteiger charge is 2.19. The number of ether oxygens (including phenoxy) is 2. The summed E-state index contributed by atoms with van der Waals surface area (Å²) < 4.78 is 9.79. The molecule has 0 radical (unpaired) electrons. The third-order valence-corrected chi connectivity index (χ3v) is 3.73. The molecule has 8 heteroatoms. The van der Waals surface area contributed by atoms with Gasteiger partial charge in [0.15, 0.2) is 11.5 Å². The minimum atomic E-state index is -0.678. The topological polar surface area (TPSA) is 73.3 Å². The normalized spacial score (nSPS) is 10.3. The molecule has 0 aliphatic rings. The zero-order valence-corrected chi connectivity index (χ0v) is 14.3. The molecule has 1 aromatic heterocycles. The van der Waals surface area contributed by atoms with Gasteiger partial charge in [0.25, 0.3) is 0 Å². The van der Waals surface area contributed by atoms with E-state index in [1.807, 2.05) is 25.1 Å². The molecule has 1 aromatic carbocycles. The summed E-state index contributed by atoms with van der Waals surface area (Å²) in [7, 11) is 2.85. The van der Waals surface area contributed by atoms with Crippen LogP contribution < -0.4 is 10.1 Å². The first-order valence-corrected chi connectivity index (χ1v) is 7.40. The number of halogens is 2. The SMILES string of the molecule is COC(=O)c1nc(Cl)nc(NCc2ccc(OC)cc2C)c1Cl. The Kier molecular flexibility index (Phi) is 5.63. The minimum absolute atomic E-state index is 0.0624. The van der Waals surface area contributed by atoms with Crippen LogP contribution in [-0.4, -0.2) is 30.2 Å². The Hall–Kier alpha value is -2.05. The van der Waals surface area contributed by atoms with E-state index in [0.29, 0.717) is 6.54 Å². The molecule has 122 valence electrons. The molecule has 0 aliphatic carbocycles. The molecule has 0 saturated carbocycles. The second kappa shape index (κ2) is 7.48. The van der Waals surface area contributed by atoms with Gasteiger partial charge in [-0.25, -0.2) is 9.78 Å². The monoisotopic (exact) mass is 355 g/mol. The Morgan fingerprint density at radius 2 is 2.00 bits per heavy atom. The Labute approximate surface area is 143 Å². The maximum absolute atomic E-state index is 11.6. The first-order valence-electron chi connectivity index (χ1n) is 6.65. The van der Waals surface area contributed by atoms with Gasteiger partial charge in [0, 0.05) is 6.54 Å². The number of methoxy groups -OCH3 is 2. The van der Waals surface area contributed by atoms with E-state index in [4.69, 9.17) is 27.9 Å². The van der Waals surface area contributed by atoms with Gasteiger partial charge in [0.2, 0.25) is 5.28 Å². The molecular weight excluding hydrogens is 341 g/mol. The fourth-order valence-corrected chi connectivity index (χ4v) is 2.34. The maximum Gasteiger partial charge on any atom is 0.358 e. The van der Waals surface area contributed by atoms with Crippen molar-refractivity contribution in [3.8, 4) is 5.75 Å². The van der Waals surface area contributed by atoms with Crippen molar-refractivity contribution in [3.63, 3.8) is 0 Å². The van der Waals surface area contributed by atoms with Crippen LogP contribution in [0.5, 0.6) is 5.75 Å². The van der Waals surface area contributed by atoms with Crippen LogP contribution in [0.25, 0.3) is 0 Å². The molecule has 6 nitrogen and oxygen atoms in total. The van der Waals surface area contributed by atoms with E-state index in [1.54, 1.807) is 7.11 Å². The summed E-state index contributed by atoms with van der Waals surface area (Å²) in [6.45, 7) is 2.41. The summed E-state index contributed by atoms with van der Waals surface area (Å²) in [6, 6.07) is 5.71. The predicted octanol–water partition coefficient (Wildman–Crippen LogP) is 3.50. The Bertz CT molecular complexity index is 738. The molecule has 0 unspecified atom stereocenters. The fraction of sp³-hybridized carbons (Fsp3) is 0.267. The molecule has 0 aliphatic heterocycles. The number of aryl methyl sites for hydroxylation is 1. The molecule has 0 fully saturated rings. The molecular formula is C15H15Cl2N3O3. The zero-order chi connectivity index (χ0) is 17.0. The van der Waals surface area contributed by atoms with Crippen LogP contribution in [0.1, 0.15) is 21.6 Å². The van der Waals surface area contributed by atoms with Crippen LogP contribution in [0.2, 0.25) is 10.3 Å². The summed E-state index contributed by atoms with van der Waals surface area (Å²) in [4.78, 5) is 19.4. The third-order valence-electron chi connectivity index (χ3n) is 3.20. The number of nitrogens with zero attached hydrogens (tertiary/aromatic N) is 2. The van der Waals surface area contributed by atoms with Crippen molar-refractivity contribution in [3.05, 3.63) is 45.3 Å². The van der Waals surface area contributed by atoms with Crippen LogP contribution >= 0.6 is 23.2 Å². The number of benzene rings is 1. The lowest BCUT2D eigenvalue weighted by atomic mass is 10.1. The Balaban J connectivity index is 2.24. The van der Waals surface area contributed by atoms with Gasteiger partial charge in [-0.1, -0.05) is 17.7 Å². The minimum Gasteiger partial charge on any atom is -0.497 e. The first-order chi connectivity index (χ1) is 11.0. The Morgan fingerprint density at radius 3 is 2.61 bits per heavy atom. The van der Waals surface area contributed by atoms with Crippen molar-refractivity contribution in [2.75, 3.05) is 19.5 Å². The molecule has 0 spiro atoms. The second-order valence-electron chi connectivity index (χ2n) is 4.64. The number of carbonyl (C=O) groups excluding carboxylic acids is 1. The number of hydrogen-bond acceptors (Lipinski definition) is 6. The van der Waals surface area contributed by atoms with E-state index in [1.165, 1.54) is 7.11 Å². The molecule has 23 heavy (non-hydrogen) atoms. The number of nitrogens with one attached hydrogen (secondary N) is 1. The van der Waals surface area contributed by atoms with Gasteiger partial charge in [0.05, 0.1) is 14.2 Å². The lowest BCUT2D eigenvalue weighted by Crippen LogP contribution is -2.11. The van der Waals surface area contributed by atoms with Crippen molar-refractivity contribution in [1.82, 2.24) is 9.97 Å². The average molecular weight is 356 g/mol. The predicted molar refractivity (Wildman–Crippen MR) is 88.4 cm³/mol. The summed E-state index contributed by atoms with van der Waals surface area (Å²) in [5, 5.41) is 3.02. The number of esters is 1. The van der Waals surface area contributed by atoms with Gasteiger partial charge in [-0.05, 0) is 41.8 Å². The van der Waals surface area contributed by atoms with Gasteiger partial charge >= 0.3 is 5.97 Å². The maximum atomic E-state index is 11.6. The summed E-state index contributed by atoms with van der Waals surface area (Å²) in [5.74, 6) is 0.368. The molecule has 0 saturated heterocycles. The number of aromatic nitrogens is 2. The number of anilines is 1. The summed E-state index contributed by atoms with van der Waals surface area (Å²) in [5.41, 5.74) is 1.99. The fourth-order valence-electron chi connectivity index (χ4n) is 1.94. The third kappa shape index (κ3) is 4.03. The van der Waals surface area contributed by atoms with E-state index in [2.05, 4.69) is 20.0 Å². The molecule has 0 amide bonds. The molecule has 2 aromatic rings. The highest BCUT2D eigenvalue weighted by Crippen LogP contribution is 2.26. The number of carbonyl (C=O) groups is 1. The largest absolute Gasteiger partial charge is 0.497 e. The Morgan fingerprint density at radius 1 is 1.26 bits per heavy atom. The van der Waals surface area contributed by atoms with E-state index in [-0.39, 0.29) is 21.8 Å². The molecule has 2 rings (SSSR count). The summed E-state index contributed by atoms with van der Waals surface area (Å²) >= 11 is 12.0. The van der Waals surface area contributed by atoms with Crippen molar-refractivity contribution >= 4 is 35.0 Å². The van der Waals surface area contributed by atoms with Crippen LogP contribution in [-0.2, 0) is 11.3 Å². The van der Waals surface area contributed by atoms with Crippen molar-refractivity contribution in [2.24, 2.45) is 0 Å². The highest BCUT2D eigenvalue weighted by atomic mass is 35.5. The van der Waals surface area contributed by atoms with Gasteiger partial charge in [0.1, 0.15) is 10.8 Å². The quantitative estimate of drug-likeness (QED) is 0.653. The van der Waals surface area contributed by atoms with E-state index in [0.717, 1.165) is 16.9 Å². The number of rotatable bonds is 5. The molecule has 1 heterocycles. The smallest absolute Gasteiger partial charge is 0.358 e. The molecule has 0 atom stereocenters. The van der Waals surface area contributed by atoms with Crippen molar-refractivity contribution in [1.29, 1.82) is 0 Å². The number of hydrogen-bond donors (Lipinski definition) is 1. The van der Waals surface area contributed by atoms with Crippen LogP contribution in [0.4, 0.5) is 5.82 Å². The van der Waals surface area contributed by atoms with Crippen LogP contribution in [0.3, 0.4) is 0 Å². The highest BCUT2D eigenvalue weighted by molar-refractivity contribution is 6.36. The lowest BCUT2D eigenvalue weighted by Gasteiger charge is -2.12. The lowest BCUT2D eigenvalue weighted by molar-refractivity contribution is 0.0594. The standard InChI is InChI=1S/C15H15Cl2N3O3/c1-8-6-10(22-2)5-4-9(8)7-18-13-11(16)12(14(21)23-3)19-15(17)20-13/h4-6H,7H2,1-3H3,(H,18,19,20). The molecule has 0 bridgehead atoms. The molecule has 1 N–H and O–H groups in total.